The number of H-pyrrole nitrogens is 1. The van der Waals surface area contributed by atoms with Gasteiger partial charge in [0.25, 0.3) is 5.56 Å². The van der Waals surface area contributed by atoms with Gasteiger partial charge in [0.2, 0.25) is 5.91 Å². The van der Waals surface area contributed by atoms with Crippen LogP contribution in [0.3, 0.4) is 0 Å². The number of carbonyl (C=O) groups is 1. The van der Waals surface area contributed by atoms with Gasteiger partial charge in [-0.25, -0.2) is 4.98 Å². The minimum absolute atomic E-state index is 0.174. The van der Waals surface area contributed by atoms with E-state index in [-0.39, 0.29) is 11.5 Å². The van der Waals surface area contributed by atoms with Crippen LogP contribution in [0.1, 0.15) is 25.1 Å². The quantitative estimate of drug-likeness (QED) is 0.598. The van der Waals surface area contributed by atoms with Crippen LogP contribution in [0.25, 0.3) is 0 Å². The Balaban J connectivity index is 2.32. The predicted molar refractivity (Wildman–Crippen MR) is 61.1 cm³/mol. The van der Waals surface area contributed by atoms with Gasteiger partial charge in [-0.15, -0.1) is 0 Å². The van der Waals surface area contributed by atoms with Crippen molar-refractivity contribution in [2.45, 2.75) is 26.2 Å². The number of hydrogen-bond donors (Lipinski definition) is 3. The molecule has 1 aromatic rings. The molecule has 0 saturated carbocycles. The Morgan fingerprint density at radius 2 is 2.31 bits per heavy atom. The smallest absolute Gasteiger partial charge is 0.252 e. The third-order valence-electron chi connectivity index (χ3n) is 2.02. The molecule has 0 atom stereocenters. The zero-order chi connectivity index (χ0) is 12.0. The van der Waals surface area contributed by atoms with Gasteiger partial charge >= 0.3 is 0 Å². The van der Waals surface area contributed by atoms with Crippen molar-refractivity contribution in [1.29, 1.82) is 0 Å². The zero-order valence-electron chi connectivity index (χ0n) is 9.25. The lowest BCUT2D eigenvalue weighted by molar-refractivity contribution is -0.118. The number of amides is 1. The van der Waals surface area contributed by atoms with Crippen molar-refractivity contribution in [3.63, 3.8) is 0 Å². The van der Waals surface area contributed by atoms with E-state index >= 15 is 0 Å². The van der Waals surface area contributed by atoms with Gasteiger partial charge in [0.05, 0.1) is 0 Å². The normalized spacial score (nSPS) is 10.1. The summed E-state index contributed by atoms with van der Waals surface area (Å²) >= 11 is 0. The fourth-order valence-corrected chi connectivity index (χ4v) is 1.31. The molecule has 0 radical (unpaired) electrons. The summed E-state index contributed by atoms with van der Waals surface area (Å²) in [6.45, 7) is 2.39. The largest absolute Gasteiger partial charge is 0.370 e. The minimum atomic E-state index is -0.287. The van der Waals surface area contributed by atoms with Gasteiger partial charge in [-0.1, -0.05) is 0 Å². The average Bonchev–Trinajstić information content (AvgIpc) is 2.15. The third-order valence-corrected chi connectivity index (χ3v) is 2.02. The van der Waals surface area contributed by atoms with E-state index in [0.717, 1.165) is 12.8 Å². The number of nitrogens with one attached hydrogen (secondary N) is 2. The minimum Gasteiger partial charge on any atom is -0.370 e. The fourth-order valence-electron chi connectivity index (χ4n) is 1.31. The molecule has 0 fully saturated rings. The zero-order valence-corrected chi connectivity index (χ0v) is 9.25. The predicted octanol–water partition coefficient (Wildman–Crippen LogP) is 0.146. The highest BCUT2D eigenvalue weighted by Crippen LogP contribution is 2.00. The highest BCUT2D eigenvalue weighted by Gasteiger charge is 1.98. The Kier molecular flexibility index (Phi) is 4.50. The van der Waals surface area contributed by atoms with Crippen LogP contribution in [-0.2, 0) is 4.79 Å². The molecular weight excluding hydrogens is 208 g/mol. The number of carbonyl (C=O) groups excluding carboxylic acids is 1. The first-order chi connectivity index (χ1) is 7.58. The number of unbranched alkanes of at least 4 members (excludes halogenated alkanes) is 1. The lowest BCUT2D eigenvalue weighted by Gasteiger charge is -2.04. The number of aryl methyl sites for hydroxylation is 1. The van der Waals surface area contributed by atoms with Crippen molar-refractivity contribution >= 4 is 11.7 Å². The number of primary amides is 1. The molecule has 16 heavy (non-hydrogen) atoms. The third kappa shape index (κ3) is 4.59. The van der Waals surface area contributed by atoms with E-state index in [4.69, 9.17) is 5.73 Å². The molecule has 0 unspecified atom stereocenters. The summed E-state index contributed by atoms with van der Waals surface area (Å²) < 4.78 is 0. The van der Waals surface area contributed by atoms with Crippen LogP contribution in [0.15, 0.2) is 10.9 Å². The van der Waals surface area contributed by atoms with E-state index in [9.17, 15) is 9.59 Å². The van der Waals surface area contributed by atoms with E-state index in [1.165, 1.54) is 6.07 Å². The summed E-state index contributed by atoms with van der Waals surface area (Å²) in [7, 11) is 0. The van der Waals surface area contributed by atoms with E-state index in [2.05, 4.69) is 15.3 Å². The standard InChI is InChI=1S/C10H16N4O2/c1-7-13-9(6-10(16)14-7)12-5-3-2-4-8(11)15/h6H,2-5H2,1H3,(H2,11,15)(H2,12,13,14,16). The maximum Gasteiger partial charge on any atom is 0.252 e. The molecule has 0 spiro atoms. The number of anilines is 1. The SMILES string of the molecule is Cc1nc(NCCCCC(N)=O)cc(=O)[nH]1. The van der Waals surface area contributed by atoms with Crippen LogP contribution < -0.4 is 16.6 Å². The molecule has 0 aliphatic carbocycles. The molecule has 0 aromatic carbocycles. The molecule has 4 N–H and O–H groups in total. The Labute approximate surface area is 93.3 Å². The number of nitrogens with zero attached hydrogens (tertiary/aromatic N) is 1. The van der Waals surface area contributed by atoms with Crippen LogP contribution in [0, 0.1) is 6.92 Å². The van der Waals surface area contributed by atoms with Gasteiger partial charge in [-0.05, 0) is 19.8 Å². The first kappa shape index (κ1) is 12.2. The molecule has 0 saturated heterocycles. The maximum absolute atomic E-state index is 11.1. The highest BCUT2D eigenvalue weighted by molar-refractivity contribution is 5.73. The van der Waals surface area contributed by atoms with Crippen LogP contribution in [0.5, 0.6) is 0 Å². The fraction of sp³-hybridized carbons (Fsp3) is 0.500. The van der Waals surface area contributed by atoms with Gasteiger partial charge in [-0.2, -0.15) is 0 Å². The van der Waals surface area contributed by atoms with E-state index in [1.807, 2.05) is 0 Å². The van der Waals surface area contributed by atoms with Crippen molar-refractivity contribution in [3.05, 3.63) is 22.2 Å². The van der Waals surface area contributed by atoms with Crippen molar-refractivity contribution < 1.29 is 4.79 Å². The lowest BCUT2D eigenvalue weighted by Crippen LogP contribution is -2.13. The van der Waals surface area contributed by atoms with Crippen molar-refractivity contribution in [3.8, 4) is 0 Å². The maximum atomic E-state index is 11.1. The molecule has 0 aliphatic rings. The van der Waals surface area contributed by atoms with E-state index < -0.39 is 0 Å². The van der Waals surface area contributed by atoms with Crippen LogP contribution in [0.4, 0.5) is 5.82 Å². The second-order valence-corrected chi connectivity index (χ2v) is 3.57. The Bertz CT molecular complexity index is 414. The van der Waals surface area contributed by atoms with Crippen molar-refractivity contribution in [1.82, 2.24) is 9.97 Å². The molecule has 1 heterocycles. The van der Waals surface area contributed by atoms with Crippen LogP contribution in [-0.4, -0.2) is 22.4 Å². The molecule has 1 rings (SSSR count). The van der Waals surface area contributed by atoms with Crippen LogP contribution in [0.2, 0.25) is 0 Å². The number of aromatic nitrogens is 2. The van der Waals surface area contributed by atoms with Crippen molar-refractivity contribution in [2.75, 3.05) is 11.9 Å². The molecule has 1 amide bonds. The molecule has 6 heteroatoms. The Morgan fingerprint density at radius 3 is 2.94 bits per heavy atom. The first-order valence-electron chi connectivity index (χ1n) is 5.18. The van der Waals surface area contributed by atoms with Gasteiger partial charge in [0.1, 0.15) is 11.6 Å². The number of nitrogens with two attached hydrogens (primary N) is 1. The number of aromatic amines is 1. The van der Waals surface area contributed by atoms with Gasteiger partial charge < -0.3 is 16.0 Å². The molecule has 88 valence electrons. The summed E-state index contributed by atoms with van der Waals surface area (Å²) in [4.78, 5) is 28.2. The highest BCUT2D eigenvalue weighted by atomic mass is 16.1. The Hall–Kier alpha value is -1.85. The molecule has 0 aliphatic heterocycles. The second-order valence-electron chi connectivity index (χ2n) is 3.57. The van der Waals surface area contributed by atoms with Gasteiger partial charge in [0.15, 0.2) is 0 Å². The van der Waals surface area contributed by atoms with Crippen molar-refractivity contribution in [2.24, 2.45) is 5.73 Å². The summed E-state index contributed by atoms with van der Waals surface area (Å²) in [5.74, 6) is 0.845. The molecular formula is C10H16N4O2. The average molecular weight is 224 g/mol. The van der Waals surface area contributed by atoms with E-state index in [0.29, 0.717) is 24.6 Å². The first-order valence-corrected chi connectivity index (χ1v) is 5.18. The van der Waals surface area contributed by atoms with E-state index in [1.54, 1.807) is 6.92 Å². The summed E-state index contributed by atoms with van der Waals surface area (Å²) in [6, 6.07) is 1.40. The summed E-state index contributed by atoms with van der Waals surface area (Å²) in [5, 5.41) is 3.02. The van der Waals surface area contributed by atoms with Crippen LogP contribution >= 0.6 is 0 Å². The lowest BCUT2D eigenvalue weighted by atomic mass is 10.2. The molecule has 0 bridgehead atoms. The van der Waals surface area contributed by atoms with Gasteiger partial charge in [-0.3, -0.25) is 9.59 Å². The topological polar surface area (TPSA) is 101 Å². The summed E-state index contributed by atoms with van der Waals surface area (Å²) in [5.41, 5.74) is 4.83. The summed E-state index contributed by atoms with van der Waals surface area (Å²) in [6.07, 6.45) is 1.95. The molecule has 1 aromatic heterocycles. The number of rotatable bonds is 6. The molecule has 6 nitrogen and oxygen atoms in total. The monoisotopic (exact) mass is 224 g/mol. The van der Waals surface area contributed by atoms with Gasteiger partial charge in [0, 0.05) is 19.0 Å². The second kappa shape index (κ2) is 5.89. The number of hydrogen-bond acceptors (Lipinski definition) is 4. The Morgan fingerprint density at radius 1 is 1.56 bits per heavy atom.